The highest BCUT2D eigenvalue weighted by molar-refractivity contribution is 7.89. The summed E-state index contributed by atoms with van der Waals surface area (Å²) in [4.78, 5) is 38.4. The SMILES string of the molecule is Cc1ccc(S(=O)(=O)N2CCC[C@@H]2C(=O)OCN2C(=O)c3ccccc3C2=O)cc1. The number of carbonyl (C=O) groups is 3. The van der Waals surface area contributed by atoms with Gasteiger partial charge in [0.15, 0.2) is 6.73 Å². The molecular formula is C21H20N2O6S. The Kier molecular flexibility index (Phi) is 5.17. The van der Waals surface area contributed by atoms with Crippen molar-refractivity contribution >= 4 is 27.8 Å². The molecule has 2 heterocycles. The molecule has 156 valence electrons. The predicted octanol–water partition coefficient (Wildman–Crippen LogP) is 1.95. The molecule has 1 atom stereocenters. The van der Waals surface area contributed by atoms with Crippen molar-refractivity contribution in [2.24, 2.45) is 0 Å². The van der Waals surface area contributed by atoms with E-state index in [1.165, 1.54) is 24.3 Å². The molecule has 9 heteroatoms. The molecule has 1 fully saturated rings. The smallest absolute Gasteiger partial charge is 0.326 e. The van der Waals surface area contributed by atoms with E-state index in [0.29, 0.717) is 12.8 Å². The van der Waals surface area contributed by atoms with Gasteiger partial charge >= 0.3 is 5.97 Å². The number of fused-ring (bicyclic) bond motifs is 1. The van der Waals surface area contributed by atoms with E-state index in [4.69, 9.17) is 4.74 Å². The van der Waals surface area contributed by atoms with Crippen molar-refractivity contribution in [2.75, 3.05) is 13.3 Å². The molecule has 0 radical (unpaired) electrons. The maximum Gasteiger partial charge on any atom is 0.326 e. The molecule has 0 N–H and O–H groups in total. The maximum atomic E-state index is 13.0. The Bertz CT molecular complexity index is 1090. The molecule has 4 rings (SSSR count). The summed E-state index contributed by atoms with van der Waals surface area (Å²) in [6, 6.07) is 11.8. The number of benzene rings is 2. The summed E-state index contributed by atoms with van der Waals surface area (Å²) in [5, 5.41) is 0. The molecule has 2 aromatic carbocycles. The molecule has 8 nitrogen and oxygen atoms in total. The zero-order valence-corrected chi connectivity index (χ0v) is 17.1. The third kappa shape index (κ3) is 3.40. The van der Waals surface area contributed by atoms with Gasteiger partial charge in [0.2, 0.25) is 10.0 Å². The summed E-state index contributed by atoms with van der Waals surface area (Å²) >= 11 is 0. The van der Waals surface area contributed by atoms with Crippen LogP contribution in [0.1, 0.15) is 39.1 Å². The van der Waals surface area contributed by atoms with Gasteiger partial charge in [0.1, 0.15) is 6.04 Å². The number of aryl methyl sites for hydroxylation is 1. The number of esters is 1. The largest absolute Gasteiger partial charge is 0.442 e. The second-order valence-electron chi connectivity index (χ2n) is 7.26. The second kappa shape index (κ2) is 7.66. The molecule has 30 heavy (non-hydrogen) atoms. The third-order valence-electron chi connectivity index (χ3n) is 5.32. The molecule has 0 unspecified atom stereocenters. The quantitative estimate of drug-likeness (QED) is 0.533. The van der Waals surface area contributed by atoms with Crippen molar-refractivity contribution in [3.8, 4) is 0 Å². The van der Waals surface area contributed by atoms with Crippen LogP contribution in [-0.4, -0.2) is 54.7 Å². The van der Waals surface area contributed by atoms with Gasteiger partial charge in [-0.2, -0.15) is 4.31 Å². The Balaban J connectivity index is 1.47. The number of nitrogens with zero attached hydrogens (tertiary/aromatic N) is 2. The number of hydrogen-bond acceptors (Lipinski definition) is 6. The lowest BCUT2D eigenvalue weighted by Gasteiger charge is -2.23. The van der Waals surface area contributed by atoms with Gasteiger partial charge in [-0.1, -0.05) is 29.8 Å². The number of amides is 2. The number of carbonyl (C=O) groups excluding carboxylic acids is 3. The van der Waals surface area contributed by atoms with Gasteiger partial charge in [-0.15, -0.1) is 0 Å². The lowest BCUT2D eigenvalue weighted by Crippen LogP contribution is -2.43. The minimum atomic E-state index is -3.87. The number of imide groups is 1. The average molecular weight is 428 g/mol. The van der Waals surface area contributed by atoms with Crippen molar-refractivity contribution in [1.82, 2.24) is 9.21 Å². The Morgan fingerprint density at radius 2 is 1.63 bits per heavy atom. The Labute approximate surface area is 174 Å². The van der Waals surface area contributed by atoms with Crippen LogP contribution in [0.25, 0.3) is 0 Å². The predicted molar refractivity (Wildman–Crippen MR) is 106 cm³/mol. The molecule has 2 aliphatic heterocycles. The van der Waals surface area contributed by atoms with Crippen LogP contribution >= 0.6 is 0 Å². The lowest BCUT2D eigenvalue weighted by atomic mass is 10.1. The van der Waals surface area contributed by atoms with Crippen molar-refractivity contribution in [3.05, 3.63) is 65.2 Å². The standard InChI is InChI=1S/C21H20N2O6S/c1-14-8-10-15(11-9-14)30(27,28)23-12-4-7-18(23)21(26)29-13-22-19(24)16-5-2-3-6-17(16)20(22)25/h2-3,5-6,8-11,18H,4,7,12-13H2,1H3/t18-/m1/s1. The summed E-state index contributed by atoms with van der Waals surface area (Å²) in [6.45, 7) is 1.49. The van der Waals surface area contributed by atoms with Crippen LogP contribution < -0.4 is 0 Å². The monoisotopic (exact) mass is 428 g/mol. The van der Waals surface area contributed by atoms with E-state index in [2.05, 4.69) is 0 Å². The first-order chi connectivity index (χ1) is 14.3. The van der Waals surface area contributed by atoms with Gasteiger partial charge in [-0.3, -0.25) is 14.4 Å². The van der Waals surface area contributed by atoms with Crippen molar-refractivity contribution in [2.45, 2.75) is 30.7 Å². The van der Waals surface area contributed by atoms with E-state index >= 15 is 0 Å². The molecule has 1 saturated heterocycles. The maximum absolute atomic E-state index is 13.0. The zero-order chi connectivity index (χ0) is 21.5. The molecule has 0 aromatic heterocycles. The minimum Gasteiger partial charge on any atom is -0.442 e. The van der Waals surface area contributed by atoms with Crippen LogP contribution in [0.5, 0.6) is 0 Å². The van der Waals surface area contributed by atoms with E-state index in [1.54, 1.807) is 24.3 Å². The number of sulfonamides is 1. The highest BCUT2D eigenvalue weighted by Crippen LogP contribution is 2.28. The fourth-order valence-electron chi connectivity index (χ4n) is 3.69. The van der Waals surface area contributed by atoms with Crippen LogP contribution in [0, 0.1) is 6.92 Å². The first kappa shape index (κ1) is 20.2. The van der Waals surface area contributed by atoms with Gasteiger partial charge in [0.25, 0.3) is 11.8 Å². The molecule has 0 saturated carbocycles. The summed E-state index contributed by atoms with van der Waals surface area (Å²) in [6.07, 6.45) is 0.823. The normalized spacial score (nSPS) is 19.2. The van der Waals surface area contributed by atoms with E-state index in [-0.39, 0.29) is 22.6 Å². The summed E-state index contributed by atoms with van der Waals surface area (Å²) in [5.41, 5.74) is 1.43. The zero-order valence-electron chi connectivity index (χ0n) is 16.3. The van der Waals surface area contributed by atoms with Gasteiger partial charge in [0, 0.05) is 6.54 Å². The summed E-state index contributed by atoms with van der Waals surface area (Å²) < 4.78 is 32.3. The minimum absolute atomic E-state index is 0.105. The van der Waals surface area contributed by atoms with Crippen LogP contribution in [0.2, 0.25) is 0 Å². The molecule has 2 aliphatic rings. The first-order valence-corrected chi connectivity index (χ1v) is 10.9. The number of rotatable bonds is 5. The van der Waals surface area contributed by atoms with Gasteiger partial charge in [-0.05, 0) is 44.0 Å². The first-order valence-electron chi connectivity index (χ1n) is 9.51. The van der Waals surface area contributed by atoms with Crippen LogP contribution in [0.3, 0.4) is 0 Å². The van der Waals surface area contributed by atoms with Gasteiger partial charge in [-0.25, -0.2) is 13.3 Å². The highest BCUT2D eigenvalue weighted by Gasteiger charge is 2.42. The number of hydrogen-bond donors (Lipinski definition) is 0. The number of ether oxygens (including phenoxy) is 1. The van der Waals surface area contributed by atoms with Crippen molar-refractivity contribution in [1.29, 1.82) is 0 Å². The van der Waals surface area contributed by atoms with Crippen LogP contribution in [0.15, 0.2) is 53.4 Å². The molecule has 2 aromatic rings. The van der Waals surface area contributed by atoms with Gasteiger partial charge < -0.3 is 4.74 Å². The molecule has 0 aliphatic carbocycles. The lowest BCUT2D eigenvalue weighted by molar-refractivity contribution is -0.150. The molecule has 0 bridgehead atoms. The topological polar surface area (TPSA) is 101 Å². The van der Waals surface area contributed by atoms with Crippen LogP contribution in [-0.2, 0) is 19.6 Å². The third-order valence-corrected chi connectivity index (χ3v) is 7.24. The van der Waals surface area contributed by atoms with E-state index in [1.807, 2.05) is 6.92 Å². The van der Waals surface area contributed by atoms with E-state index in [0.717, 1.165) is 14.8 Å². The fourth-order valence-corrected chi connectivity index (χ4v) is 5.34. The van der Waals surface area contributed by atoms with E-state index in [9.17, 15) is 22.8 Å². The average Bonchev–Trinajstić information content (AvgIpc) is 3.32. The highest BCUT2D eigenvalue weighted by atomic mass is 32.2. The van der Waals surface area contributed by atoms with Crippen LogP contribution in [0.4, 0.5) is 0 Å². The summed E-state index contributed by atoms with van der Waals surface area (Å²) in [5.74, 6) is -1.86. The van der Waals surface area contributed by atoms with Gasteiger partial charge in [0.05, 0.1) is 16.0 Å². The Morgan fingerprint density at radius 1 is 1.03 bits per heavy atom. The Morgan fingerprint density at radius 3 is 2.23 bits per heavy atom. The fraction of sp³-hybridized carbons (Fsp3) is 0.286. The van der Waals surface area contributed by atoms with Crippen molar-refractivity contribution < 1.29 is 27.5 Å². The molecular weight excluding hydrogens is 408 g/mol. The molecule has 0 spiro atoms. The van der Waals surface area contributed by atoms with Crippen molar-refractivity contribution in [3.63, 3.8) is 0 Å². The summed E-state index contributed by atoms with van der Waals surface area (Å²) in [7, 11) is -3.87. The molecule has 2 amide bonds. The Hall–Kier alpha value is -3.04. The van der Waals surface area contributed by atoms with E-state index < -0.39 is 40.6 Å². The second-order valence-corrected chi connectivity index (χ2v) is 9.15.